The summed E-state index contributed by atoms with van der Waals surface area (Å²) in [6.45, 7) is 0.497. The zero-order chi connectivity index (χ0) is 10.5. The van der Waals surface area contributed by atoms with Crippen LogP contribution in [0.5, 0.6) is 0 Å². The van der Waals surface area contributed by atoms with E-state index in [0.717, 1.165) is 11.6 Å². The van der Waals surface area contributed by atoms with Crippen molar-refractivity contribution in [1.29, 1.82) is 0 Å². The second kappa shape index (κ2) is 4.41. The minimum Gasteiger partial charge on any atom is -0.373 e. The number of hydrogen-bond acceptors (Lipinski definition) is 6. The summed E-state index contributed by atoms with van der Waals surface area (Å²) in [4.78, 5) is 8.17. The van der Waals surface area contributed by atoms with Crippen molar-refractivity contribution in [2.75, 3.05) is 17.7 Å². The van der Waals surface area contributed by atoms with E-state index in [1.54, 1.807) is 0 Å². The van der Waals surface area contributed by atoms with Crippen LogP contribution in [0.25, 0.3) is 0 Å². The van der Waals surface area contributed by atoms with Crippen LogP contribution in [0.15, 0.2) is 29.1 Å². The standard InChI is InChI=1S/C9H11N5O/c1-10-7-3-2-4-8(13-7)11-5-9-12-6-15-14-9/h2-4,6H,5H2,1H3,(H2,10,11,13). The maximum absolute atomic E-state index is 4.61. The van der Waals surface area contributed by atoms with Crippen LogP contribution < -0.4 is 10.6 Å². The van der Waals surface area contributed by atoms with Crippen molar-refractivity contribution >= 4 is 11.6 Å². The number of anilines is 2. The summed E-state index contributed by atoms with van der Waals surface area (Å²) in [5.74, 6) is 2.19. The van der Waals surface area contributed by atoms with E-state index in [1.165, 1.54) is 6.39 Å². The van der Waals surface area contributed by atoms with Gasteiger partial charge < -0.3 is 15.2 Å². The molecular weight excluding hydrogens is 194 g/mol. The van der Waals surface area contributed by atoms with Crippen LogP contribution in [0.4, 0.5) is 11.6 Å². The average Bonchev–Trinajstić information content (AvgIpc) is 2.79. The molecule has 0 aliphatic heterocycles. The molecule has 0 fully saturated rings. The summed E-state index contributed by atoms with van der Waals surface area (Å²) in [5.41, 5.74) is 0. The SMILES string of the molecule is CNc1cccc(NCc2ncon2)n1. The van der Waals surface area contributed by atoms with Crippen LogP contribution in [-0.4, -0.2) is 22.2 Å². The quantitative estimate of drug-likeness (QED) is 0.778. The fourth-order valence-corrected chi connectivity index (χ4v) is 1.11. The highest BCUT2D eigenvalue weighted by atomic mass is 16.5. The zero-order valence-electron chi connectivity index (χ0n) is 8.27. The van der Waals surface area contributed by atoms with Crippen LogP contribution in [0, 0.1) is 0 Å². The topological polar surface area (TPSA) is 75.9 Å². The van der Waals surface area contributed by atoms with Gasteiger partial charge in [-0.15, -0.1) is 0 Å². The summed E-state index contributed by atoms with van der Waals surface area (Å²) < 4.78 is 4.61. The van der Waals surface area contributed by atoms with Gasteiger partial charge in [0.25, 0.3) is 0 Å². The third-order valence-corrected chi connectivity index (χ3v) is 1.84. The second-order valence-electron chi connectivity index (χ2n) is 2.86. The van der Waals surface area contributed by atoms with Gasteiger partial charge in [-0.3, -0.25) is 0 Å². The van der Waals surface area contributed by atoms with Crippen molar-refractivity contribution < 1.29 is 4.52 Å². The summed E-state index contributed by atoms with van der Waals surface area (Å²) in [5, 5.41) is 9.73. The highest BCUT2D eigenvalue weighted by Crippen LogP contribution is 2.08. The van der Waals surface area contributed by atoms with Crippen LogP contribution in [0.2, 0.25) is 0 Å². The van der Waals surface area contributed by atoms with Gasteiger partial charge in [-0.25, -0.2) is 4.98 Å². The first-order chi connectivity index (χ1) is 7.38. The molecule has 0 spiro atoms. The smallest absolute Gasteiger partial charge is 0.213 e. The molecule has 0 saturated carbocycles. The van der Waals surface area contributed by atoms with Crippen molar-refractivity contribution in [3.05, 3.63) is 30.4 Å². The van der Waals surface area contributed by atoms with Crippen molar-refractivity contribution in [1.82, 2.24) is 15.1 Å². The zero-order valence-corrected chi connectivity index (χ0v) is 8.27. The Kier molecular flexibility index (Phi) is 2.77. The lowest BCUT2D eigenvalue weighted by Crippen LogP contribution is -2.03. The Balaban J connectivity index is 1.98. The molecule has 2 N–H and O–H groups in total. The maximum atomic E-state index is 4.61. The maximum Gasteiger partial charge on any atom is 0.213 e. The highest BCUT2D eigenvalue weighted by Gasteiger charge is 1.99. The fraction of sp³-hybridized carbons (Fsp3) is 0.222. The molecule has 0 radical (unpaired) electrons. The van der Waals surface area contributed by atoms with Gasteiger partial charge in [0, 0.05) is 7.05 Å². The van der Waals surface area contributed by atoms with Crippen LogP contribution >= 0.6 is 0 Å². The number of rotatable bonds is 4. The molecule has 0 atom stereocenters. The molecule has 2 heterocycles. The molecule has 2 aromatic rings. The normalized spacial score (nSPS) is 9.93. The monoisotopic (exact) mass is 205 g/mol. The van der Waals surface area contributed by atoms with Gasteiger partial charge >= 0.3 is 0 Å². The van der Waals surface area contributed by atoms with E-state index in [9.17, 15) is 0 Å². The first-order valence-electron chi connectivity index (χ1n) is 4.52. The molecule has 0 saturated heterocycles. The molecule has 0 aromatic carbocycles. The Morgan fingerprint density at radius 3 is 2.93 bits per heavy atom. The fourth-order valence-electron chi connectivity index (χ4n) is 1.11. The Morgan fingerprint density at radius 1 is 1.33 bits per heavy atom. The molecule has 78 valence electrons. The molecule has 0 unspecified atom stereocenters. The van der Waals surface area contributed by atoms with Gasteiger partial charge in [-0.05, 0) is 12.1 Å². The number of hydrogen-bond donors (Lipinski definition) is 2. The van der Waals surface area contributed by atoms with Gasteiger partial charge in [0.2, 0.25) is 6.39 Å². The third kappa shape index (κ3) is 2.43. The van der Waals surface area contributed by atoms with E-state index < -0.39 is 0 Å². The Bertz CT molecular complexity index is 414. The summed E-state index contributed by atoms with van der Waals surface area (Å²) in [6, 6.07) is 5.68. The molecule has 0 aliphatic carbocycles. The van der Waals surface area contributed by atoms with Gasteiger partial charge in [0.1, 0.15) is 11.6 Å². The predicted molar refractivity (Wildman–Crippen MR) is 55.4 cm³/mol. The van der Waals surface area contributed by atoms with Crippen LogP contribution in [-0.2, 0) is 6.54 Å². The molecule has 0 aliphatic rings. The molecular formula is C9H11N5O. The Hall–Kier alpha value is -2.11. The Labute approximate surface area is 86.7 Å². The highest BCUT2D eigenvalue weighted by molar-refractivity contribution is 5.44. The molecule has 0 bridgehead atoms. The second-order valence-corrected chi connectivity index (χ2v) is 2.86. The van der Waals surface area contributed by atoms with Crippen LogP contribution in [0.1, 0.15) is 5.82 Å². The molecule has 6 nitrogen and oxygen atoms in total. The Morgan fingerprint density at radius 2 is 2.20 bits per heavy atom. The van der Waals surface area contributed by atoms with E-state index in [4.69, 9.17) is 0 Å². The summed E-state index contributed by atoms with van der Waals surface area (Å²) in [6.07, 6.45) is 1.30. The van der Waals surface area contributed by atoms with E-state index in [1.807, 2.05) is 25.2 Å². The lowest BCUT2D eigenvalue weighted by molar-refractivity contribution is 0.411. The lowest BCUT2D eigenvalue weighted by Gasteiger charge is -2.04. The van der Waals surface area contributed by atoms with Gasteiger partial charge in [0.05, 0.1) is 6.54 Å². The lowest BCUT2D eigenvalue weighted by atomic mass is 10.4. The van der Waals surface area contributed by atoms with Crippen molar-refractivity contribution in [2.45, 2.75) is 6.54 Å². The molecule has 15 heavy (non-hydrogen) atoms. The first kappa shape index (κ1) is 9.45. The van der Waals surface area contributed by atoms with Crippen LogP contribution in [0.3, 0.4) is 0 Å². The predicted octanol–water partition coefficient (Wildman–Crippen LogP) is 1.12. The van der Waals surface area contributed by atoms with Gasteiger partial charge in [-0.1, -0.05) is 11.2 Å². The van der Waals surface area contributed by atoms with Gasteiger partial charge in [-0.2, -0.15) is 4.98 Å². The molecule has 0 amide bonds. The minimum absolute atomic E-state index is 0.497. The van der Waals surface area contributed by atoms with E-state index >= 15 is 0 Å². The summed E-state index contributed by atoms with van der Waals surface area (Å²) in [7, 11) is 1.82. The van der Waals surface area contributed by atoms with E-state index in [-0.39, 0.29) is 0 Å². The van der Waals surface area contributed by atoms with Crippen molar-refractivity contribution in [3.63, 3.8) is 0 Å². The summed E-state index contributed by atoms with van der Waals surface area (Å²) >= 11 is 0. The van der Waals surface area contributed by atoms with Crippen molar-refractivity contribution in [3.8, 4) is 0 Å². The van der Waals surface area contributed by atoms with Gasteiger partial charge in [0.15, 0.2) is 5.82 Å². The minimum atomic E-state index is 0.497. The molecule has 2 aromatic heterocycles. The average molecular weight is 205 g/mol. The number of nitrogens with zero attached hydrogens (tertiary/aromatic N) is 3. The number of pyridine rings is 1. The van der Waals surface area contributed by atoms with E-state index in [0.29, 0.717) is 12.4 Å². The number of nitrogens with one attached hydrogen (secondary N) is 2. The first-order valence-corrected chi connectivity index (χ1v) is 4.52. The largest absolute Gasteiger partial charge is 0.373 e. The number of aromatic nitrogens is 3. The van der Waals surface area contributed by atoms with E-state index in [2.05, 4.69) is 30.3 Å². The molecule has 2 rings (SSSR count). The third-order valence-electron chi connectivity index (χ3n) is 1.84. The van der Waals surface area contributed by atoms with Crippen molar-refractivity contribution in [2.24, 2.45) is 0 Å². The molecule has 6 heteroatoms.